The first kappa shape index (κ1) is 21.9. The Morgan fingerprint density at radius 1 is 1.00 bits per heavy atom. The molecule has 0 unspecified atom stereocenters. The molecule has 6 nitrogen and oxygen atoms in total. The summed E-state index contributed by atoms with van der Waals surface area (Å²) in [6.07, 6.45) is 2.68. The monoisotopic (exact) mass is 450 g/mol. The molecule has 0 aliphatic heterocycles. The average Bonchev–Trinajstić information content (AvgIpc) is 2.70. The fourth-order valence-corrected chi connectivity index (χ4v) is 3.09. The molecule has 0 aromatic heterocycles. The van der Waals surface area contributed by atoms with Gasteiger partial charge in [-0.25, -0.2) is 0 Å². The first-order valence-electron chi connectivity index (χ1n) is 9.18. The minimum Gasteiger partial charge on any atom is -0.493 e. The molecular formula is C21H27BrN2O4. The van der Waals surface area contributed by atoms with Crippen LogP contribution in [0.1, 0.15) is 31.4 Å². The highest BCUT2D eigenvalue weighted by molar-refractivity contribution is 9.10. The van der Waals surface area contributed by atoms with Crippen LogP contribution in [0.3, 0.4) is 0 Å². The second kappa shape index (κ2) is 11.4. The van der Waals surface area contributed by atoms with Gasteiger partial charge in [-0.1, -0.05) is 13.0 Å². The van der Waals surface area contributed by atoms with Crippen molar-refractivity contribution in [1.29, 1.82) is 0 Å². The number of halogens is 1. The summed E-state index contributed by atoms with van der Waals surface area (Å²) in [6.45, 7) is 5.78. The molecule has 0 amide bonds. The van der Waals surface area contributed by atoms with Gasteiger partial charge in [0.25, 0.3) is 0 Å². The summed E-state index contributed by atoms with van der Waals surface area (Å²) in [5, 5.41) is 4.30. The third kappa shape index (κ3) is 6.05. The SMILES string of the molecule is CCCOc1c(Br)cc(/C=N/NCc2ccc(OC)c(OC)c2)cc1OCC. The van der Waals surface area contributed by atoms with Crippen LogP contribution in [0.5, 0.6) is 23.0 Å². The normalized spacial score (nSPS) is 10.8. The first-order chi connectivity index (χ1) is 13.6. The second-order valence-corrected chi connectivity index (χ2v) is 6.75. The van der Waals surface area contributed by atoms with Crippen LogP contribution in [0.25, 0.3) is 0 Å². The standard InChI is InChI=1S/C21H27BrN2O4/c1-5-9-28-21-17(22)10-16(12-20(21)27-6-2)14-24-23-13-15-7-8-18(25-3)19(11-15)26-4/h7-8,10-12,14,23H,5-6,9,13H2,1-4H3/b24-14+. The number of rotatable bonds is 11. The lowest BCUT2D eigenvalue weighted by Gasteiger charge is -2.14. The highest BCUT2D eigenvalue weighted by Gasteiger charge is 2.11. The van der Waals surface area contributed by atoms with E-state index in [0.29, 0.717) is 37.0 Å². The number of nitrogens with zero attached hydrogens (tertiary/aromatic N) is 1. The van der Waals surface area contributed by atoms with Crippen LogP contribution in [0, 0.1) is 0 Å². The third-order valence-electron chi connectivity index (χ3n) is 3.82. The maximum absolute atomic E-state index is 5.79. The van der Waals surface area contributed by atoms with Crippen molar-refractivity contribution in [2.24, 2.45) is 5.10 Å². The third-order valence-corrected chi connectivity index (χ3v) is 4.41. The summed E-state index contributed by atoms with van der Waals surface area (Å²) in [4.78, 5) is 0. The van der Waals surface area contributed by atoms with Crippen LogP contribution in [-0.2, 0) is 6.54 Å². The van der Waals surface area contributed by atoms with Crippen LogP contribution in [0.2, 0.25) is 0 Å². The molecule has 0 spiro atoms. The number of methoxy groups -OCH3 is 2. The van der Waals surface area contributed by atoms with Crippen molar-refractivity contribution in [3.63, 3.8) is 0 Å². The maximum Gasteiger partial charge on any atom is 0.175 e. The smallest absolute Gasteiger partial charge is 0.175 e. The molecule has 0 bridgehead atoms. The van der Waals surface area contributed by atoms with Gasteiger partial charge in [0.2, 0.25) is 0 Å². The molecule has 0 saturated carbocycles. The maximum atomic E-state index is 5.79. The van der Waals surface area contributed by atoms with Gasteiger partial charge in [-0.2, -0.15) is 5.10 Å². The Morgan fingerprint density at radius 3 is 2.46 bits per heavy atom. The van der Waals surface area contributed by atoms with E-state index in [0.717, 1.165) is 27.8 Å². The van der Waals surface area contributed by atoms with E-state index in [1.807, 2.05) is 37.3 Å². The molecule has 2 rings (SSSR count). The van der Waals surface area contributed by atoms with Gasteiger partial charge in [-0.05, 0) is 64.7 Å². The molecule has 0 saturated heterocycles. The van der Waals surface area contributed by atoms with E-state index < -0.39 is 0 Å². The molecule has 28 heavy (non-hydrogen) atoms. The number of hydrazone groups is 1. The summed E-state index contributed by atoms with van der Waals surface area (Å²) >= 11 is 3.56. The summed E-state index contributed by atoms with van der Waals surface area (Å²) in [6, 6.07) is 9.63. The minimum absolute atomic E-state index is 0.563. The number of benzene rings is 2. The highest BCUT2D eigenvalue weighted by atomic mass is 79.9. The Labute approximate surface area is 175 Å². The van der Waals surface area contributed by atoms with Crippen LogP contribution in [-0.4, -0.2) is 33.6 Å². The summed E-state index contributed by atoms with van der Waals surface area (Å²) in [5.74, 6) is 2.82. The number of hydrogen-bond acceptors (Lipinski definition) is 6. The van der Waals surface area contributed by atoms with Crippen molar-refractivity contribution in [2.75, 3.05) is 27.4 Å². The van der Waals surface area contributed by atoms with Gasteiger partial charge in [0.05, 0.1) is 44.7 Å². The fraction of sp³-hybridized carbons (Fsp3) is 0.381. The molecule has 152 valence electrons. The van der Waals surface area contributed by atoms with E-state index in [-0.39, 0.29) is 0 Å². The zero-order valence-corrected chi connectivity index (χ0v) is 18.3. The second-order valence-electron chi connectivity index (χ2n) is 5.89. The predicted octanol–water partition coefficient (Wildman–Crippen LogP) is 4.78. The Hall–Kier alpha value is -2.41. The Morgan fingerprint density at radius 2 is 1.79 bits per heavy atom. The Balaban J connectivity index is 2.05. The van der Waals surface area contributed by atoms with Gasteiger partial charge in [0, 0.05) is 0 Å². The highest BCUT2D eigenvalue weighted by Crippen LogP contribution is 2.36. The van der Waals surface area contributed by atoms with Crippen LogP contribution in [0.15, 0.2) is 39.9 Å². The van der Waals surface area contributed by atoms with E-state index in [1.54, 1.807) is 20.4 Å². The summed E-state index contributed by atoms with van der Waals surface area (Å²) < 4.78 is 22.9. The van der Waals surface area contributed by atoms with Gasteiger partial charge in [0.15, 0.2) is 23.0 Å². The first-order valence-corrected chi connectivity index (χ1v) is 9.98. The molecule has 0 fully saturated rings. The van der Waals surface area contributed by atoms with Gasteiger partial charge in [-0.15, -0.1) is 0 Å². The van der Waals surface area contributed by atoms with E-state index in [9.17, 15) is 0 Å². The van der Waals surface area contributed by atoms with Gasteiger partial charge >= 0.3 is 0 Å². The quantitative estimate of drug-likeness (QED) is 0.394. The van der Waals surface area contributed by atoms with Crippen LogP contribution in [0.4, 0.5) is 0 Å². The molecule has 0 aliphatic carbocycles. The van der Waals surface area contributed by atoms with E-state index in [1.165, 1.54) is 0 Å². The zero-order chi connectivity index (χ0) is 20.4. The zero-order valence-electron chi connectivity index (χ0n) is 16.8. The molecule has 1 N–H and O–H groups in total. The fourth-order valence-electron chi connectivity index (χ4n) is 2.52. The molecule has 0 heterocycles. The molecule has 2 aromatic carbocycles. The lowest BCUT2D eigenvalue weighted by molar-refractivity contribution is 0.275. The summed E-state index contributed by atoms with van der Waals surface area (Å²) in [5.41, 5.74) is 4.98. The van der Waals surface area contributed by atoms with Crippen molar-refractivity contribution in [2.45, 2.75) is 26.8 Å². The van der Waals surface area contributed by atoms with Crippen LogP contribution < -0.4 is 24.4 Å². The molecule has 2 aromatic rings. The lowest BCUT2D eigenvalue weighted by Crippen LogP contribution is -2.06. The van der Waals surface area contributed by atoms with E-state index in [2.05, 4.69) is 33.4 Å². The molecule has 7 heteroatoms. The Bertz CT molecular complexity index is 796. The Kier molecular flexibility index (Phi) is 8.94. The van der Waals surface area contributed by atoms with Gasteiger partial charge in [-0.3, -0.25) is 0 Å². The predicted molar refractivity (Wildman–Crippen MR) is 115 cm³/mol. The van der Waals surface area contributed by atoms with E-state index >= 15 is 0 Å². The topological polar surface area (TPSA) is 61.3 Å². The van der Waals surface area contributed by atoms with Crippen molar-refractivity contribution in [3.05, 3.63) is 45.9 Å². The van der Waals surface area contributed by atoms with Crippen LogP contribution >= 0.6 is 15.9 Å². The number of nitrogens with one attached hydrogen (secondary N) is 1. The molecule has 0 aliphatic rings. The van der Waals surface area contributed by atoms with Crippen molar-refractivity contribution in [1.82, 2.24) is 5.43 Å². The minimum atomic E-state index is 0.563. The largest absolute Gasteiger partial charge is 0.493 e. The molecular weight excluding hydrogens is 424 g/mol. The van der Waals surface area contributed by atoms with E-state index in [4.69, 9.17) is 18.9 Å². The molecule has 0 atom stereocenters. The van der Waals surface area contributed by atoms with Crippen molar-refractivity contribution >= 4 is 22.1 Å². The average molecular weight is 451 g/mol. The molecule has 0 radical (unpaired) electrons. The number of hydrogen-bond donors (Lipinski definition) is 1. The van der Waals surface area contributed by atoms with Gasteiger partial charge in [0.1, 0.15) is 0 Å². The van der Waals surface area contributed by atoms with Crippen molar-refractivity contribution < 1.29 is 18.9 Å². The number of ether oxygens (including phenoxy) is 4. The summed E-state index contributed by atoms with van der Waals surface area (Å²) in [7, 11) is 3.24. The lowest BCUT2D eigenvalue weighted by atomic mass is 10.2. The van der Waals surface area contributed by atoms with Gasteiger partial charge < -0.3 is 24.4 Å². The van der Waals surface area contributed by atoms with Crippen molar-refractivity contribution in [3.8, 4) is 23.0 Å².